The third-order valence-electron chi connectivity index (χ3n) is 3.25. The number of furan rings is 1. The highest BCUT2D eigenvalue weighted by Gasteiger charge is 2.11. The van der Waals surface area contributed by atoms with Gasteiger partial charge < -0.3 is 10.2 Å². The van der Waals surface area contributed by atoms with Crippen LogP contribution < -0.4 is 5.73 Å². The molecule has 0 radical (unpaired) electrons. The lowest BCUT2D eigenvalue weighted by molar-refractivity contribution is 0.580. The normalized spacial score (nSPS) is 11.0. The van der Waals surface area contributed by atoms with E-state index in [4.69, 9.17) is 10.2 Å². The van der Waals surface area contributed by atoms with Crippen LogP contribution in [-0.2, 0) is 6.54 Å². The molecule has 0 amide bonds. The van der Waals surface area contributed by atoms with Crippen LogP contribution in [-0.4, -0.2) is 0 Å². The van der Waals surface area contributed by atoms with Gasteiger partial charge in [0.25, 0.3) is 0 Å². The van der Waals surface area contributed by atoms with E-state index in [1.807, 2.05) is 25.1 Å². The lowest BCUT2D eigenvalue weighted by atomic mass is 10.0. The molecule has 1 heterocycles. The summed E-state index contributed by atoms with van der Waals surface area (Å²) in [6.45, 7) is 2.58. The summed E-state index contributed by atoms with van der Waals surface area (Å²) in [6, 6.07) is 16.5. The van der Waals surface area contributed by atoms with Crippen LogP contribution in [0.15, 0.2) is 52.9 Å². The maximum absolute atomic E-state index is 5.79. The van der Waals surface area contributed by atoms with Gasteiger partial charge >= 0.3 is 0 Å². The summed E-state index contributed by atoms with van der Waals surface area (Å²) in [6.07, 6.45) is 0. The lowest BCUT2D eigenvalue weighted by Gasteiger charge is -2.02. The zero-order valence-electron chi connectivity index (χ0n) is 10.3. The number of para-hydroxylation sites is 1. The molecule has 3 rings (SSSR count). The predicted molar refractivity (Wildman–Crippen MR) is 74.3 cm³/mol. The second kappa shape index (κ2) is 4.31. The van der Waals surface area contributed by atoms with E-state index in [0.29, 0.717) is 6.54 Å². The first kappa shape index (κ1) is 11.1. The molecule has 2 N–H and O–H groups in total. The first-order chi connectivity index (χ1) is 8.79. The summed E-state index contributed by atoms with van der Waals surface area (Å²) in [5.74, 6) is 0.955. The average Bonchev–Trinajstić information content (AvgIpc) is 2.75. The van der Waals surface area contributed by atoms with Gasteiger partial charge in [-0.25, -0.2) is 0 Å². The molecule has 0 aliphatic rings. The summed E-state index contributed by atoms with van der Waals surface area (Å²) in [7, 11) is 0. The van der Waals surface area contributed by atoms with E-state index >= 15 is 0 Å². The highest BCUT2D eigenvalue weighted by Crippen LogP contribution is 2.34. The molecule has 2 nitrogen and oxygen atoms in total. The Balaban J connectivity index is 2.20. The molecule has 1 aromatic heterocycles. The van der Waals surface area contributed by atoms with E-state index in [0.717, 1.165) is 22.3 Å². The summed E-state index contributed by atoms with van der Waals surface area (Å²) in [4.78, 5) is 0. The largest absolute Gasteiger partial charge is 0.461 e. The second-order valence-electron chi connectivity index (χ2n) is 4.43. The minimum Gasteiger partial charge on any atom is -0.461 e. The van der Waals surface area contributed by atoms with Gasteiger partial charge in [0.05, 0.1) is 0 Å². The third-order valence-corrected chi connectivity index (χ3v) is 3.25. The number of rotatable bonds is 2. The smallest absolute Gasteiger partial charge is 0.134 e. The van der Waals surface area contributed by atoms with Crippen LogP contribution in [0.1, 0.15) is 11.3 Å². The SMILES string of the molecule is Cc1oc2ccccc2c1-c1ccc(CN)cc1. The number of fused-ring (bicyclic) bond motifs is 1. The molecule has 90 valence electrons. The van der Waals surface area contributed by atoms with Crippen molar-refractivity contribution in [3.8, 4) is 11.1 Å². The Morgan fingerprint density at radius 1 is 1.00 bits per heavy atom. The molecular weight excluding hydrogens is 222 g/mol. The summed E-state index contributed by atoms with van der Waals surface area (Å²) in [5.41, 5.74) is 10.1. The summed E-state index contributed by atoms with van der Waals surface area (Å²) >= 11 is 0. The van der Waals surface area contributed by atoms with E-state index in [2.05, 4.69) is 30.3 Å². The topological polar surface area (TPSA) is 39.2 Å². The third kappa shape index (κ3) is 1.71. The van der Waals surface area contributed by atoms with Gasteiger partial charge in [0.1, 0.15) is 11.3 Å². The van der Waals surface area contributed by atoms with Gasteiger partial charge in [-0.05, 0) is 24.1 Å². The fraction of sp³-hybridized carbons (Fsp3) is 0.125. The number of hydrogen-bond donors (Lipinski definition) is 1. The van der Waals surface area contributed by atoms with Gasteiger partial charge in [0.15, 0.2) is 0 Å². The predicted octanol–water partition coefficient (Wildman–Crippen LogP) is 3.87. The van der Waals surface area contributed by atoms with Crippen LogP contribution in [0.5, 0.6) is 0 Å². The lowest BCUT2D eigenvalue weighted by Crippen LogP contribution is -1.95. The molecule has 0 aliphatic carbocycles. The van der Waals surface area contributed by atoms with E-state index in [1.165, 1.54) is 11.1 Å². The van der Waals surface area contributed by atoms with Crippen molar-refractivity contribution < 1.29 is 4.42 Å². The fourth-order valence-electron chi connectivity index (χ4n) is 2.33. The Hall–Kier alpha value is -2.06. The second-order valence-corrected chi connectivity index (χ2v) is 4.43. The summed E-state index contributed by atoms with van der Waals surface area (Å²) in [5, 5.41) is 1.16. The Bertz CT molecular complexity index is 680. The van der Waals surface area contributed by atoms with Gasteiger partial charge in [0.2, 0.25) is 0 Å². The monoisotopic (exact) mass is 237 g/mol. The molecule has 2 aromatic carbocycles. The molecule has 0 saturated carbocycles. The van der Waals surface area contributed by atoms with Crippen molar-refractivity contribution in [1.82, 2.24) is 0 Å². The van der Waals surface area contributed by atoms with Crippen molar-refractivity contribution in [3.05, 3.63) is 59.9 Å². The molecule has 18 heavy (non-hydrogen) atoms. The maximum atomic E-state index is 5.79. The molecule has 0 saturated heterocycles. The minimum atomic E-state index is 0.575. The van der Waals surface area contributed by atoms with Crippen molar-refractivity contribution >= 4 is 11.0 Å². The molecule has 0 unspecified atom stereocenters. The average molecular weight is 237 g/mol. The van der Waals surface area contributed by atoms with Crippen molar-refractivity contribution in [2.75, 3.05) is 0 Å². The summed E-state index contributed by atoms with van der Waals surface area (Å²) < 4.78 is 5.79. The van der Waals surface area contributed by atoms with Crippen LogP contribution in [0.25, 0.3) is 22.1 Å². The number of hydrogen-bond acceptors (Lipinski definition) is 2. The van der Waals surface area contributed by atoms with Gasteiger partial charge in [-0.3, -0.25) is 0 Å². The Labute approximate surface area is 106 Å². The van der Waals surface area contributed by atoms with Crippen molar-refractivity contribution in [2.24, 2.45) is 5.73 Å². The molecule has 0 aliphatic heterocycles. The van der Waals surface area contributed by atoms with Gasteiger partial charge in [0, 0.05) is 17.5 Å². The van der Waals surface area contributed by atoms with E-state index in [-0.39, 0.29) is 0 Å². The highest BCUT2D eigenvalue weighted by molar-refractivity contribution is 5.95. The minimum absolute atomic E-state index is 0.575. The molecule has 0 fully saturated rings. The first-order valence-electron chi connectivity index (χ1n) is 6.07. The van der Waals surface area contributed by atoms with Crippen LogP contribution in [0.2, 0.25) is 0 Å². The highest BCUT2D eigenvalue weighted by atomic mass is 16.3. The molecule has 2 heteroatoms. The van der Waals surface area contributed by atoms with Gasteiger partial charge in [-0.2, -0.15) is 0 Å². The van der Waals surface area contributed by atoms with Crippen molar-refractivity contribution in [1.29, 1.82) is 0 Å². The number of nitrogens with two attached hydrogens (primary N) is 1. The number of benzene rings is 2. The quantitative estimate of drug-likeness (QED) is 0.735. The molecule has 0 bridgehead atoms. The molecular formula is C16H15NO. The van der Waals surface area contributed by atoms with Crippen LogP contribution >= 0.6 is 0 Å². The van der Waals surface area contributed by atoms with Gasteiger partial charge in [-0.15, -0.1) is 0 Å². The molecule has 0 spiro atoms. The zero-order chi connectivity index (χ0) is 12.5. The Morgan fingerprint density at radius 3 is 2.44 bits per heavy atom. The maximum Gasteiger partial charge on any atom is 0.134 e. The zero-order valence-corrected chi connectivity index (χ0v) is 10.3. The standard InChI is InChI=1S/C16H15NO/c1-11-16(13-8-6-12(10-17)7-9-13)14-4-2-3-5-15(14)18-11/h2-9H,10,17H2,1H3. The number of aryl methyl sites for hydroxylation is 1. The fourth-order valence-corrected chi connectivity index (χ4v) is 2.33. The van der Waals surface area contributed by atoms with E-state index in [9.17, 15) is 0 Å². The van der Waals surface area contributed by atoms with E-state index in [1.54, 1.807) is 0 Å². The van der Waals surface area contributed by atoms with Crippen LogP contribution in [0.3, 0.4) is 0 Å². The Kier molecular flexibility index (Phi) is 2.65. The first-order valence-corrected chi connectivity index (χ1v) is 6.07. The Morgan fingerprint density at radius 2 is 1.72 bits per heavy atom. The molecule has 0 atom stereocenters. The van der Waals surface area contributed by atoms with Crippen molar-refractivity contribution in [3.63, 3.8) is 0 Å². The molecule has 3 aromatic rings. The van der Waals surface area contributed by atoms with Crippen molar-refractivity contribution in [2.45, 2.75) is 13.5 Å². The van der Waals surface area contributed by atoms with Crippen LogP contribution in [0.4, 0.5) is 0 Å². The van der Waals surface area contributed by atoms with Crippen LogP contribution in [0, 0.1) is 6.92 Å². The van der Waals surface area contributed by atoms with Gasteiger partial charge in [-0.1, -0.05) is 42.5 Å². The van der Waals surface area contributed by atoms with E-state index < -0.39 is 0 Å².